The van der Waals surface area contributed by atoms with E-state index in [-0.39, 0.29) is 24.3 Å². The minimum Gasteiger partial charge on any atom is -0.340 e. The minimum atomic E-state index is -0.758. The molecule has 1 unspecified atom stereocenters. The number of amides is 2. The predicted molar refractivity (Wildman–Crippen MR) is 85.2 cm³/mol. The first kappa shape index (κ1) is 14.6. The van der Waals surface area contributed by atoms with E-state index in [2.05, 4.69) is 21.2 Å². The summed E-state index contributed by atoms with van der Waals surface area (Å²) in [7, 11) is 0. The van der Waals surface area contributed by atoms with Crippen LogP contribution in [-0.4, -0.2) is 23.9 Å². The summed E-state index contributed by atoms with van der Waals surface area (Å²) in [4.78, 5) is 26.7. The molecule has 2 amide bonds. The first-order chi connectivity index (χ1) is 9.83. The molecule has 1 saturated heterocycles. The van der Waals surface area contributed by atoms with Crippen molar-refractivity contribution in [3.05, 3.63) is 27.7 Å². The lowest BCUT2D eigenvalue weighted by Gasteiger charge is -2.40. The van der Waals surface area contributed by atoms with E-state index in [1.54, 1.807) is 4.90 Å². The molecule has 0 radical (unpaired) electrons. The summed E-state index contributed by atoms with van der Waals surface area (Å²) in [6, 6.07) is 4.02. The molecule has 1 saturated carbocycles. The number of benzene rings is 1. The topological polar surface area (TPSA) is 49.4 Å². The molecule has 21 heavy (non-hydrogen) atoms. The zero-order valence-corrected chi connectivity index (χ0v) is 14.1. The fraction of sp³-hybridized carbons (Fsp3) is 0.500. The molecule has 5 heteroatoms. The van der Waals surface area contributed by atoms with Crippen LogP contribution in [0.4, 0.5) is 5.69 Å². The molecule has 2 fully saturated rings. The van der Waals surface area contributed by atoms with Gasteiger partial charge in [0.1, 0.15) is 12.1 Å². The van der Waals surface area contributed by atoms with Gasteiger partial charge in [-0.25, -0.2) is 0 Å². The van der Waals surface area contributed by atoms with Gasteiger partial charge in [-0.3, -0.25) is 14.5 Å². The molecule has 2 aliphatic rings. The van der Waals surface area contributed by atoms with Gasteiger partial charge < -0.3 is 5.32 Å². The molecule has 1 N–H and O–H groups in total. The van der Waals surface area contributed by atoms with Gasteiger partial charge >= 0.3 is 0 Å². The van der Waals surface area contributed by atoms with Gasteiger partial charge in [-0.1, -0.05) is 6.07 Å². The second kappa shape index (κ2) is 4.83. The maximum atomic E-state index is 13.0. The van der Waals surface area contributed by atoms with Crippen LogP contribution in [0, 0.1) is 19.8 Å². The molecule has 0 spiro atoms. The highest BCUT2D eigenvalue weighted by Crippen LogP contribution is 2.43. The van der Waals surface area contributed by atoms with Gasteiger partial charge in [-0.2, -0.15) is 0 Å². The van der Waals surface area contributed by atoms with Crippen molar-refractivity contribution in [3.63, 3.8) is 0 Å². The van der Waals surface area contributed by atoms with E-state index in [1.807, 2.05) is 32.9 Å². The normalized spacial score (nSPS) is 26.0. The molecular formula is C16H19BrN2O2. The number of rotatable bonds is 2. The third-order valence-corrected chi connectivity index (χ3v) is 5.06. The molecule has 1 aromatic rings. The first-order valence-electron chi connectivity index (χ1n) is 7.22. The number of nitrogens with one attached hydrogen (secondary N) is 1. The van der Waals surface area contributed by atoms with Gasteiger partial charge in [0.25, 0.3) is 5.91 Å². The van der Waals surface area contributed by atoms with Crippen molar-refractivity contribution < 1.29 is 9.59 Å². The van der Waals surface area contributed by atoms with E-state index < -0.39 is 5.54 Å². The highest BCUT2D eigenvalue weighted by atomic mass is 79.9. The van der Waals surface area contributed by atoms with Crippen molar-refractivity contribution in [2.45, 2.75) is 39.2 Å². The monoisotopic (exact) mass is 350 g/mol. The molecule has 0 bridgehead atoms. The Labute approximate surface area is 133 Å². The third-order valence-electron chi connectivity index (χ3n) is 4.45. The van der Waals surface area contributed by atoms with Gasteiger partial charge in [0.2, 0.25) is 5.91 Å². The van der Waals surface area contributed by atoms with E-state index >= 15 is 0 Å². The van der Waals surface area contributed by atoms with Crippen molar-refractivity contribution in [2.75, 3.05) is 11.4 Å². The van der Waals surface area contributed by atoms with Crippen LogP contribution in [0.3, 0.4) is 0 Å². The fourth-order valence-electron chi connectivity index (χ4n) is 3.25. The van der Waals surface area contributed by atoms with Crippen LogP contribution in [0.25, 0.3) is 0 Å². The van der Waals surface area contributed by atoms with Crippen molar-refractivity contribution in [1.82, 2.24) is 5.32 Å². The lowest BCUT2D eigenvalue weighted by Crippen LogP contribution is -2.66. The summed E-state index contributed by atoms with van der Waals surface area (Å²) in [6.07, 6.45) is 2.01. The average molecular weight is 351 g/mol. The maximum Gasteiger partial charge on any atom is 0.253 e. The van der Waals surface area contributed by atoms with Crippen molar-refractivity contribution in [3.8, 4) is 0 Å². The van der Waals surface area contributed by atoms with Gasteiger partial charge in [-0.05, 0) is 72.7 Å². The van der Waals surface area contributed by atoms with Crippen LogP contribution in [0.15, 0.2) is 16.6 Å². The van der Waals surface area contributed by atoms with E-state index in [4.69, 9.17) is 0 Å². The molecule has 3 rings (SSSR count). The Morgan fingerprint density at radius 3 is 2.52 bits per heavy atom. The van der Waals surface area contributed by atoms with Crippen LogP contribution in [0.5, 0.6) is 0 Å². The number of hydrogen-bond acceptors (Lipinski definition) is 2. The molecule has 4 nitrogen and oxygen atoms in total. The van der Waals surface area contributed by atoms with Crippen LogP contribution < -0.4 is 10.2 Å². The summed E-state index contributed by atoms with van der Waals surface area (Å²) in [5, 5.41) is 2.91. The first-order valence-corrected chi connectivity index (χ1v) is 8.02. The number of piperazine rings is 1. The zero-order chi connectivity index (χ0) is 15.4. The van der Waals surface area contributed by atoms with Crippen LogP contribution in [0.1, 0.15) is 30.9 Å². The Bertz CT molecular complexity index is 616. The Hall–Kier alpha value is -1.36. The second-order valence-electron chi connectivity index (χ2n) is 6.33. The smallest absolute Gasteiger partial charge is 0.253 e. The van der Waals surface area contributed by atoms with Crippen molar-refractivity contribution in [2.24, 2.45) is 5.92 Å². The fourth-order valence-corrected chi connectivity index (χ4v) is 4.13. The number of halogens is 1. The Morgan fingerprint density at radius 2 is 1.95 bits per heavy atom. The Balaban J connectivity index is 2.05. The summed E-state index contributed by atoms with van der Waals surface area (Å²) in [5.74, 6) is 0.175. The van der Waals surface area contributed by atoms with Gasteiger partial charge in [0, 0.05) is 4.47 Å². The van der Waals surface area contributed by atoms with Gasteiger partial charge in [-0.15, -0.1) is 0 Å². The summed E-state index contributed by atoms with van der Waals surface area (Å²) >= 11 is 3.55. The summed E-state index contributed by atoms with van der Waals surface area (Å²) in [6.45, 7) is 5.93. The lowest BCUT2D eigenvalue weighted by molar-refractivity contribution is -0.136. The number of anilines is 1. The minimum absolute atomic E-state index is 0.00254. The SMILES string of the molecule is Cc1cc(C)c(N2CC(=O)NC(C)(C3CC3)C2=O)c(Br)c1. The number of aryl methyl sites for hydroxylation is 2. The molecule has 112 valence electrons. The average Bonchev–Trinajstić information content (AvgIpc) is 3.18. The van der Waals surface area contributed by atoms with Crippen LogP contribution in [-0.2, 0) is 9.59 Å². The summed E-state index contributed by atoms with van der Waals surface area (Å²) < 4.78 is 0.862. The van der Waals surface area contributed by atoms with Crippen LogP contribution >= 0.6 is 15.9 Å². The second-order valence-corrected chi connectivity index (χ2v) is 7.18. The van der Waals surface area contributed by atoms with E-state index in [9.17, 15) is 9.59 Å². The van der Waals surface area contributed by atoms with Crippen molar-refractivity contribution >= 4 is 33.4 Å². The molecule has 0 aromatic heterocycles. The van der Waals surface area contributed by atoms with Gasteiger partial charge in [0.15, 0.2) is 0 Å². The van der Waals surface area contributed by atoms with Crippen molar-refractivity contribution in [1.29, 1.82) is 0 Å². The highest BCUT2D eigenvalue weighted by molar-refractivity contribution is 9.10. The molecule has 1 aromatic carbocycles. The molecule has 1 atom stereocenters. The highest BCUT2D eigenvalue weighted by Gasteiger charge is 2.53. The number of nitrogens with zero attached hydrogens (tertiary/aromatic N) is 1. The molecule has 1 aliphatic carbocycles. The zero-order valence-electron chi connectivity index (χ0n) is 12.5. The summed E-state index contributed by atoms with van der Waals surface area (Å²) in [5.41, 5.74) is 2.18. The largest absolute Gasteiger partial charge is 0.340 e. The molecule has 1 aliphatic heterocycles. The number of hydrogen-bond donors (Lipinski definition) is 1. The third kappa shape index (κ3) is 2.37. The molecular weight excluding hydrogens is 332 g/mol. The standard InChI is InChI=1S/C16H19BrN2O2/c1-9-6-10(2)14(12(17)7-9)19-8-13(20)18-16(3,15(19)21)11-4-5-11/h6-7,11H,4-5,8H2,1-3H3,(H,18,20). The van der Waals surface area contributed by atoms with Gasteiger partial charge in [0.05, 0.1) is 5.69 Å². The lowest BCUT2D eigenvalue weighted by atomic mass is 9.91. The number of carbonyl (C=O) groups is 2. The van der Waals surface area contributed by atoms with E-state index in [0.29, 0.717) is 0 Å². The maximum absolute atomic E-state index is 13.0. The quantitative estimate of drug-likeness (QED) is 0.891. The van der Waals surface area contributed by atoms with Crippen LogP contribution in [0.2, 0.25) is 0 Å². The number of carbonyl (C=O) groups excluding carboxylic acids is 2. The predicted octanol–water partition coefficient (Wildman–Crippen LogP) is 2.70. The molecule has 1 heterocycles. The Morgan fingerprint density at radius 1 is 1.29 bits per heavy atom. The van der Waals surface area contributed by atoms with E-state index in [1.165, 1.54) is 0 Å². The van der Waals surface area contributed by atoms with E-state index in [0.717, 1.165) is 34.1 Å². The Kier molecular flexibility index (Phi) is 3.35.